The normalized spacial score (nSPS) is 11.2. The molecule has 2 aromatic rings. The first-order valence-corrected chi connectivity index (χ1v) is 8.36. The van der Waals surface area contributed by atoms with Gasteiger partial charge in [0, 0.05) is 6.42 Å². The quantitative estimate of drug-likeness (QED) is 0.694. The fourth-order valence-electron chi connectivity index (χ4n) is 2.43. The largest absolute Gasteiger partial charge is 0.494 e. The molecule has 1 unspecified atom stereocenters. The molecular formula is C20H20FNO6. The van der Waals surface area contributed by atoms with Crippen molar-refractivity contribution < 1.29 is 33.0 Å². The molecule has 0 spiro atoms. The Morgan fingerprint density at radius 2 is 1.79 bits per heavy atom. The van der Waals surface area contributed by atoms with Crippen molar-refractivity contribution in [1.82, 2.24) is 5.32 Å². The van der Waals surface area contributed by atoms with Crippen LogP contribution in [-0.4, -0.2) is 44.7 Å². The van der Waals surface area contributed by atoms with E-state index in [0.29, 0.717) is 0 Å². The summed E-state index contributed by atoms with van der Waals surface area (Å²) < 4.78 is 28.0. The Kier molecular flexibility index (Phi) is 7.50. The second-order valence-corrected chi connectivity index (χ2v) is 5.76. The molecule has 7 nitrogen and oxygen atoms in total. The van der Waals surface area contributed by atoms with Crippen LogP contribution in [0.5, 0.6) is 5.75 Å². The Labute approximate surface area is 161 Å². The minimum atomic E-state index is -0.933. The van der Waals surface area contributed by atoms with Gasteiger partial charge in [0.25, 0.3) is 5.91 Å². The fourth-order valence-corrected chi connectivity index (χ4v) is 2.43. The highest BCUT2D eigenvalue weighted by atomic mass is 19.1. The molecule has 1 amide bonds. The third-order valence-electron chi connectivity index (χ3n) is 3.83. The lowest BCUT2D eigenvalue weighted by Gasteiger charge is -2.16. The van der Waals surface area contributed by atoms with Crippen LogP contribution in [0.1, 0.15) is 15.9 Å². The van der Waals surface area contributed by atoms with Crippen molar-refractivity contribution in [2.45, 2.75) is 12.5 Å². The highest BCUT2D eigenvalue weighted by Gasteiger charge is 2.23. The second kappa shape index (κ2) is 10.1. The molecule has 0 fully saturated rings. The Morgan fingerprint density at radius 3 is 2.39 bits per heavy atom. The van der Waals surface area contributed by atoms with Crippen molar-refractivity contribution in [2.24, 2.45) is 0 Å². The van der Waals surface area contributed by atoms with E-state index < -0.39 is 36.3 Å². The van der Waals surface area contributed by atoms with Gasteiger partial charge in [-0.1, -0.05) is 30.3 Å². The number of hydrogen-bond donors (Lipinski definition) is 1. The smallest absolute Gasteiger partial charge is 0.338 e. The van der Waals surface area contributed by atoms with E-state index in [2.05, 4.69) is 5.32 Å². The van der Waals surface area contributed by atoms with E-state index in [1.54, 1.807) is 24.3 Å². The number of halogens is 1. The van der Waals surface area contributed by atoms with Crippen molar-refractivity contribution in [1.29, 1.82) is 0 Å². The highest BCUT2D eigenvalue weighted by Crippen LogP contribution is 2.18. The van der Waals surface area contributed by atoms with Gasteiger partial charge >= 0.3 is 11.9 Å². The van der Waals surface area contributed by atoms with E-state index in [4.69, 9.17) is 14.2 Å². The summed E-state index contributed by atoms with van der Waals surface area (Å²) in [7, 11) is 2.51. The van der Waals surface area contributed by atoms with Crippen LogP contribution in [-0.2, 0) is 25.5 Å². The van der Waals surface area contributed by atoms with E-state index in [1.807, 2.05) is 6.07 Å². The molecule has 0 heterocycles. The molecule has 1 atom stereocenters. The molecule has 2 aromatic carbocycles. The molecule has 0 saturated carbocycles. The standard InChI is InChI=1S/C20H20FNO6/c1-26-17-9-8-14(11-15(17)21)19(24)28-12-18(23)22-16(20(25)27-2)10-13-6-4-3-5-7-13/h3-9,11,16H,10,12H2,1-2H3,(H,22,23). The van der Waals surface area contributed by atoms with Gasteiger partial charge in [-0.15, -0.1) is 0 Å². The zero-order valence-corrected chi connectivity index (χ0v) is 15.4. The zero-order chi connectivity index (χ0) is 20.5. The maximum Gasteiger partial charge on any atom is 0.338 e. The van der Waals surface area contributed by atoms with Crippen molar-refractivity contribution in [3.05, 3.63) is 65.5 Å². The Balaban J connectivity index is 1.94. The predicted molar refractivity (Wildman–Crippen MR) is 97.3 cm³/mol. The summed E-state index contributed by atoms with van der Waals surface area (Å²) in [6.45, 7) is -0.630. The van der Waals surface area contributed by atoms with Gasteiger partial charge in [0.15, 0.2) is 18.2 Å². The van der Waals surface area contributed by atoms with Crippen LogP contribution in [0.15, 0.2) is 48.5 Å². The van der Waals surface area contributed by atoms with Crippen LogP contribution in [0.3, 0.4) is 0 Å². The monoisotopic (exact) mass is 389 g/mol. The van der Waals surface area contributed by atoms with E-state index in [0.717, 1.165) is 11.6 Å². The molecule has 28 heavy (non-hydrogen) atoms. The van der Waals surface area contributed by atoms with E-state index in [9.17, 15) is 18.8 Å². The van der Waals surface area contributed by atoms with Gasteiger partial charge in [-0.3, -0.25) is 4.79 Å². The zero-order valence-electron chi connectivity index (χ0n) is 15.4. The van der Waals surface area contributed by atoms with Crippen molar-refractivity contribution in [2.75, 3.05) is 20.8 Å². The SMILES string of the molecule is COC(=O)C(Cc1ccccc1)NC(=O)COC(=O)c1ccc(OC)c(F)c1. The maximum absolute atomic E-state index is 13.7. The number of carbonyl (C=O) groups excluding carboxylic acids is 3. The number of benzene rings is 2. The Morgan fingerprint density at radius 1 is 1.07 bits per heavy atom. The van der Waals surface area contributed by atoms with Gasteiger partial charge < -0.3 is 19.5 Å². The summed E-state index contributed by atoms with van der Waals surface area (Å²) in [4.78, 5) is 36.0. The lowest BCUT2D eigenvalue weighted by Crippen LogP contribution is -2.44. The number of hydrogen-bond acceptors (Lipinski definition) is 6. The molecule has 2 rings (SSSR count). The number of amides is 1. The first-order chi connectivity index (χ1) is 13.4. The number of carbonyl (C=O) groups is 3. The summed E-state index contributed by atoms with van der Waals surface area (Å²) in [5.41, 5.74) is 0.754. The van der Waals surface area contributed by atoms with Crippen LogP contribution < -0.4 is 10.1 Å². The summed E-state index contributed by atoms with van der Waals surface area (Å²) in [5.74, 6) is -2.94. The van der Waals surface area contributed by atoms with E-state index in [1.165, 1.54) is 26.4 Å². The molecule has 0 saturated heterocycles. The van der Waals surface area contributed by atoms with Crippen molar-refractivity contribution >= 4 is 17.8 Å². The fraction of sp³-hybridized carbons (Fsp3) is 0.250. The molecule has 1 N–H and O–H groups in total. The van der Waals surface area contributed by atoms with Gasteiger partial charge in [0.05, 0.1) is 19.8 Å². The summed E-state index contributed by atoms with van der Waals surface area (Å²) >= 11 is 0. The minimum absolute atomic E-state index is 0.0175. The van der Waals surface area contributed by atoms with Gasteiger partial charge in [-0.2, -0.15) is 0 Å². The van der Waals surface area contributed by atoms with Crippen LogP contribution in [0.2, 0.25) is 0 Å². The number of ether oxygens (including phenoxy) is 3. The van der Waals surface area contributed by atoms with Gasteiger partial charge in [0.1, 0.15) is 6.04 Å². The molecule has 0 bridgehead atoms. The molecule has 148 valence electrons. The molecular weight excluding hydrogens is 369 g/mol. The lowest BCUT2D eigenvalue weighted by atomic mass is 10.1. The van der Waals surface area contributed by atoms with Gasteiger partial charge in [-0.05, 0) is 23.8 Å². The second-order valence-electron chi connectivity index (χ2n) is 5.76. The molecule has 0 radical (unpaired) electrons. The summed E-state index contributed by atoms with van der Waals surface area (Å²) in [6, 6.07) is 11.7. The number of rotatable bonds is 8. The molecule has 0 aromatic heterocycles. The van der Waals surface area contributed by atoms with Crippen LogP contribution >= 0.6 is 0 Å². The minimum Gasteiger partial charge on any atom is -0.494 e. The van der Waals surface area contributed by atoms with Gasteiger partial charge in [0.2, 0.25) is 0 Å². The first-order valence-electron chi connectivity index (χ1n) is 8.36. The van der Waals surface area contributed by atoms with E-state index >= 15 is 0 Å². The third kappa shape index (κ3) is 5.80. The molecule has 0 aliphatic rings. The summed E-state index contributed by atoms with van der Waals surface area (Å²) in [5, 5.41) is 2.47. The number of nitrogens with one attached hydrogen (secondary N) is 1. The molecule has 8 heteroatoms. The lowest BCUT2D eigenvalue weighted by molar-refractivity contribution is -0.145. The predicted octanol–water partition coefficient (Wildman–Crippen LogP) is 1.89. The number of methoxy groups -OCH3 is 2. The van der Waals surface area contributed by atoms with Gasteiger partial charge in [-0.25, -0.2) is 14.0 Å². The van der Waals surface area contributed by atoms with Crippen molar-refractivity contribution in [3.8, 4) is 5.75 Å². The highest BCUT2D eigenvalue weighted by molar-refractivity contribution is 5.92. The average molecular weight is 389 g/mol. The topological polar surface area (TPSA) is 90.9 Å². The molecule has 0 aliphatic heterocycles. The maximum atomic E-state index is 13.7. The third-order valence-corrected chi connectivity index (χ3v) is 3.83. The van der Waals surface area contributed by atoms with Crippen LogP contribution in [0, 0.1) is 5.82 Å². The average Bonchev–Trinajstić information content (AvgIpc) is 2.71. The van der Waals surface area contributed by atoms with E-state index in [-0.39, 0.29) is 17.7 Å². The summed E-state index contributed by atoms with van der Waals surface area (Å²) in [6.07, 6.45) is 0.219. The van der Waals surface area contributed by atoms with Crippen LogP contribution in [0.4, 0.5) is 4.39 Å². The molecule has 0 aliphatic carbocycles. The Hall–Kier alpha value is -3.42. The number of esters is 2. The van der Waals surface area contributed by atoms with Crippen LogP contribution in [0.25, 0.3) is 0 Å². The van der Waals surface area contributed by atoms with Crippen molar-refractivity contribution in [3.63, 3.8) is 0 Å². The Bertz CT molecular complexity index is 840. The first kappa shape index (κ1) is 20.9.